The number of nitrogens with one attached hydrogen (secondary N) is 1. The fourth-order valence-corrected chi connectivity index (χ4v) is 3.91. The molecule has 0 aliphatic rings. The zero-order valence-corrected chi connectivity index (χ0v) is 19.7. The molecule has 0 fully saturated rings. The first-order valence-corrected chi connectivity index (χ1v) is 12.1. The van der Waals surface area contributed by atoms with Gasteiger partial charge in [0.1, 0.15) is 11.6 Å². The molecule has 5 nitrogen and oxygen atoms in total. The van der Waals surface area contributed by atoms with Crippen LogP contribution in [0.25, 0.3) is 11.0 Å². The number of carbonyl (C=O) groups excluding carboxylic acids is 1. The van der Waals surface area contributed by atoms with E-state index in [1.165, 1.54) is 5.52 Å². The third-order valence-corrected chi connectivity index (χ3v) is 5.72. The zero-order valence-electron chi connectivity index (χ0n) is 19.0. The molecule has 1 amide bonds. The van der Waals surface area contributed by atoms with Crippen molar-refractivity contribution in [3.05, 3.63) is 59.4 Å². The van der Waals surface area contributed by atoms with Crippen LogP contribution in [-0.4, -0.2) is 28.6 Å². The number of hydrogen-bond donors (Lipinski definition) is 1. The van der Waals surface area contributed by atoms with Crippen LogP contribution in [0.3, 0.4) is 0 Å². The number of rotatable bonds is 14. The van der Waals surface area contributed by atoms with Crippen molar-refractivity contribution >= 4 is 28.5 Å². The number of ether oxygens (including phenoxy) is 1. The first-order valence-electron chi connectivity index (χ1n) is 11.8. The Kier molecular flexibility index (Phi) is 9.89. The predicted octanol–water partition coefficient (Wildman–Crippen LogP) is 6.18. The van der Waals surface area contributed by atoms with E-state index in [0.717, 1.165) is 80.1 Å². The van der Waals surface area contributed by atoms with Gasteiger partial charge in [0.2, 0.25) is 5.91 Å². The van der Waals surface area contributed by atoms with Gasteiger partial charge in [0.25, 0.3) is 0 Å². The first kappa shape index (κ1) is 24.1. The van der Waals surface area contributed by atoms with Crippen LogP contribution in [0.5, 0.6) is 5.75 Å². The van der Waals surface area contributed by atoms with E-state index in [1.807, 2.05) is 37.3 Å². The normalized spacial score (nSPS) is 11.1. The predicted molar refractivity (Wildman–Crippen MR) is 131 cm³/mol. The number of halogens is 1. The number of hydrogen-bond acceptors (Lipinski definition) is 3. The standard InChI is InChI=1S/C26H34ClN3O2/c1-2-10-26(31)28-18-7-3-4-13-25-29-23-11-5-6-12-24(23)30(25)19-8-9-20-32-22-16-14-21(27)15-17-22/h5-6,11-12,14-17H,2-4,7-10,13,18-20H2,1H3,(H,28,31). The molecule has 6 heteroatoms. The molecule has 0 saturated heterocycles. The molecule has 0 unspecified atom stereocenters. The van der Waals surface area contributed by atoms with Crippen molar-refractivity contribution in [2.75, 3.05) is 13.2 Å². The molecule has 0 aliphatic heterocycles. The highest BCUT2D eigenvalue weighted by atomic mass is 35.5. The van der Waals surface area contributed by atoms with E-state index >= 15 is 0 Å². The number of imidazole rings is 1. The minimum Gasteiger partial charge on any atom is -0.494 e. The third kappa shape index (κ3) is 7.56. The lowest BCUT2D eigenvalue weighted by Gasteiger charge is -2.10. The number of carbonyl (C=O) groups is 1. The second kappa shape index (κ2) is 13.1. The number of benzene rings is 2. The Morgan fingerprint density at radius 3 is 2.66 bits per heavy atom. The fourth-order valence-electron chi connectivity index (χ4n) is 3.79. The summed E-state index contributed by atoms with van der Waals surface area (Å²) in [5, 5.41) is 3.71. The van der Waals surface area contributed by atoms with Crippen LogP contribution in [0.2, 0.25) is 5.02 Å². The van der Waals surface area contributed by atoms with Gasteiger partial charge in [0, 0.05) is 31.0 Å². The molecule has 3 aromatic rings. The Morgan fingerprint density at radius 1 is 1.03 bits per heavy atom. The summed E-state index contributed by atoms with van der Waals surface area (Å²) in [6, 6.07) is 15.9. The third-order valence-electron chi connectivity index (χ3n) is 5.47. The van der Waals surface area contributed by atoms with E-state index in [2.05, 4.69) is 28.1 Å². The summed E-state index contributed by atoms with van der Waals surface area (Å²) in [5.41, 5.74) is 2.26. The highest BCUT2D eigenvalue weighted by Gasteiger charge is 2.10. The van der Waals surface area contributed by atoms with Gasteiger partial charge < -0.3 is 14.6 Å². The summed E-state index contributed by atoms with van der Waals surface area (Å²) in [4.78, 5) is 16.4. The summed E-state index contributed by atoms with van der Waals surface area (Å²) in [7, 11) is 0. The van der Waals surface area contributed by atoms with E-state index in [-0.39, 0.29) is 5.91 Å². The van der Waals surface area contributed by atoms with Gasteiger partial charge in [-0.25, -0.2) is 4.98 Å². The quantitative estimate of drug-likeness (QED) is 0.295. The minimum atomic E-state index is 0.161. The Balaban J connectivity index is 1.45. The molecule has 0 spiro atoms. The molecule has 1 aromatic heterocycles. The van der Waals surface area contributed by atoms with E-state index in [1.54, 1.807) is 0 Å². The summed E-state index contributed by atoms with van der Waals surface area (Å²) < 4.78 is 8.18. The molecule has 1 N–H and O–H groups in total. The van der Waals surface area contributed by atoms with Crippen LogP contribution >= 0.6 is 11.6 Å². The summed E-state index contributed by atoms with van der Waals surface area (Å²) >= 11 is 5.92. The van der Waals surface area contributed by atoms with Gasteiger partial charge in [0.05, 0.1) is 17.6 Å². The largest absolute Gasteiger partial charge is 0.494 e. The number of para-hydroxylation sites is 2. The number of unbranched alkanes of at least 4 members (excludes halogenated alkanes) is 3. The molecule has 0 saturated carbocycles. The minimum absolute atomic E-state index is 0.161. The van der Waals surface area contributed by atoms with Crippen LogP contribution in [0.4, 0.5) is 0 Å². The molecule has 0 aliphatic carbocycles. The monoisotopic (exact) mass is 455 g/mol. The van der Waals surface area contributed by atoms with Crippen LogP contribution in [0.15, 0.2) is 48.5 Å². The average molecular weight is 456 g/mol. The van der Waals surface area contributed by atoms with Crippen molar-refractivity contribution < 1.29 is 9.53 Å². The highest BCUT2D eigenvalue weighted by molar-refractivity contribution is 6.30. The SMILES string of the molecule is CCCC(=O)NCCCCCc1nc2ccccc2n1CCCCOc1ccc(Cl)cc1. The maximum absolute atomic E-state index is 11.5. The summed E-state index contributed by atoms with van der Waals surface area (Å²) in [6.45, 7) is 4.42. The number of aryl methyl sites for hydroxylation is 2. The Labute approximate surface area is 196 Å². The van der Waals surface area contributed by atoms with Crippen molar-refractivity contribution in [1.29, 1.82) is 0 Å². The van der Waals surface area contributed by atoms with Crippen LogP contribution in [0.1, 0.15) is 57.7 Å². The van der Waals surface area contributed by atoms with Gasteiger partial charge in [-0.15, -0.1) is 0 Å². The maximum atomic E-state index is 11.5. The van der Waals surface area contributed by atoms with Gasteiger partial charge in [0.15, 0.2) is 0 Å². The average Bonchev–Trinajstić information content (AvgIpc) is 3.15. The Hall–Kier alpha value is -2.53. The lowest BCUT2D eigenvalue weighted by Crippen LogP contribution is -2.23. The molecule has 3 rings (SSSR count). The lowest BCUT2D eigenvalue weighted by atomic mass is 10.2. The fraction of sp³-hybridized carbons (Fsp3) is 0.462. The molecule has 172 valence electrons. The van der Waals surface area contributed by atoms with Crippen molar-refractivity contribution in [3.63, 3.8) is 0 Å². The number of fused-ring (bicyclic) bond motifs is 1. The van der Waals surface area contributed by atoms with Gasteiger partial charge in [-0.3, -0.25) is 4.79 Å². The summed E-state index contributed by atoms with van der Waals surface area (Å²) in [6.07, 6.45) is 7.66. The van der Waals surface area contributed by atoms with Gasteiger partial charge >= 0.3 is 0 Å². The molecule has 0 bridgehead atoms. The van der Waals surface area contributed by atoms with Crippen molar-refractivity contribution in [3.8, 4) is 5.75 Å². The summed E-state index contributed by atoms with van der Waals surface area (Å²) in [5.74, 6) is 2.17. The Bertz CT molecular complexity index is 969. The van der Waals surface area contributed by atoms with E-state index < -0.39 is 0 Å². The molecular formula is C26H34ClN3O2. The molecule has 0 radical (unpaired) electrons. The first-order chi connectivity index (χ1) is 15.7. The van der Waals surface area contributed by atoms with E-state index in [0.29, 0.717) is 13.0 Å². The number of nitrogens with zero attached hydrogens (tertiary/aromatic N) is 2. The lowest BCUT2D eigenvalue weighted by molar-refractivity contribution is -0.121. The topological polar surface area (TPSA) is 56.2 Å². The molecule has 1 heterocycles. The number of aromatic nitrogens is 2. The second-order valence-corrected chi connectivity index (χ2v) is 8.52. The highest BCUT2D eigenvalue weighted by Crippen LogP contribution is 2.19. The zero-order chi connectivity index (χ0) is 22.6. The van der Waals surface area contributed by atoms with Crippen molar-refractivity contribution in [1.82, 2.24) is 14.9 Å². The smallest absolute Gasteiger partial charge is 0.219 e. The van der Waals surface area contributed by atoms with Crippen molar-refractivity contribution in [2.45, 2.75) is 64.8 Å². The van der Waals surface area contributed by atoms with Crippen molar-refractivity contribution in [2.24, 2.45) is 0 Å². The van der Waals surface area contributed by atoms with Crippen LogP contribution < -0.4 is 10.1 Å². The Morgan fingerprint density at radius 2 is 1.84 bits per heavy atom. The van der Waals surface area contributed by atoms with Crippen LogP contribution in [-0.2, 0) is 17.8 Å². The second-order valence-electron chi connectivity index (χ2n) is 8.09. The van der Waals surface area contributed by atoms with Crippen LogP contribution in [0, 0.1) is 0 Å². The maximum Gasteiger partial charge on any atom is 0.219 e. The van der Waals surface area contributed by atoms with Gasteiger partial charge in [-0.05, 0) is 68.5 Å². The van der Waals surface area contributed by atoms with E-state index in [4.69, 9.17) is 21.3 Å². The molecule has 0 atom stereocenters. The molecule has 32 heavy (non-hydrogen) atoms. The van der Waals surface area contributed by atoms with Gasteiger partial charge in [-0.1, -0.05) is 37.1 Å². The van der Waals surface area contributed by atoms with E-state index in [9.17, 15) is 4.79 Å². The molecular weight excluding hydrogens is 422 g/mol. The van der Waals surface area contributed by atoms with Gasteiger partial charge in [-0.2, -0.15) is 0 Å². The number of amides is 1. The molecule has 2 aromatic carbocycles.